The second kappa shape index (κ2) is 9.31. The van der Waals surface area contributed by atoms with Crippen LogP contribution in [0.1, 0.15) is 39.9 Å². The lowest BCUT2D eigenvalue weighted by Gasteiger charge is -2.45. The normalized spacial score (nSPS) is 16.8. The van der Waals surface area contributed by atoms with E-state index in [1.54, 1.807) is 7.11 Å². The van der Waals surface area contributed by atoms with Crippen molar-refractivity contribution in [1.82, 2.24) is 19.8 Å². The van der Waals surface area contributed by atoms with Crippen molar-refractivity contribution in [3.63, 3.8) is 0 Å². The highest BCUT2D eigenvalue weighted by Crippen LogP contribution is 2.49. The van der Waals surface area contributed by atoms with Crippen LogP contribution in [-0.4, -0.2) is 60.0 Å². The molecule has 1 fully saturated rings. The van der Waals surface area contributed by atoms with Crippen LogP contribution < -0.4 is 20.5 Å². The van der Waals surface area contributed by atoms with Crippen molar-refractivity contribution < 1.29 is 14.3 Å². The minimum atomic E-state index is -0.379. The van der Waals surface area contributed by atoms with Gasteiger partial charge in [0.25, 0.3) is 5.91 Å². The molecule has 3 N–H and O–H groups in total. The predicted octanol–water partition coefficient (Wildman–Crippen LogP) is 3.70. The summed E-state index contributed by atoms with van der Waals surface area (Å²) in [5, 5.41) is 3.35. The number of likely N-dealkylation sites (tertiary alicyclic amines) is 1. The number of carbonyl (C=O) groups is 1. The largest absolute Gasteiger partial charge is 0.497 e. The van der Waals surface area contributed by atoms with Crippen molar-refractivity contribution >= 4 is 23.2 Å². The summed E-state index contributed by atoms with van der Waals surface area (Å²) >= 11 is 0. The molecule has 3 heterocycles. The standard InChI is InChI=1S/C27H32N6O3/c1-17-13-19(31-25-23(36-4)24(28)29-16-30-25)14-21-22(17)26(34)33(27(21)9-11-32(2)12-10-27)15-18-5-7-20(35-3)8-6-18/h5-8,13-14,16H,9-12,15H2,1-4H3,(H3,28,29,30,31). The van der Waals surface area contributed by atoms with Crippen molar-refractivity contribution in [2.24, 2.45) is 0 Å². The summed E-state index contributed by atoms with van der Waals surface area (Å²) in [6.45, 7) is 4.37. The molecule has 1 aromatic heterocycles. The van der Waals surface area contributed by atoms with Crippen LogP contribution in [0.2, 0.25) is 0 Å². The third-order valence-electron chi connectivity index (χ3n) is 7.42. The number of piperidine rings is 1. The Labute approximate surface area is 211 Å². The topological polar surface area (TPSA) is 106 Å². The number of hydrogen-bond donors (Lipinski definition) is 2. The van der Waals surface area contributed by atoms with E-state index in [-0.39, 0.29) is 17.3 Å². The summed E-state index contributed by atoms with van der Waals surface area (Å²) in [6.07, 6.45) is 3.13. The van der Waals surface area contributed by atoms with Gasteiger partial charge >= 0.3 is 0 Å². The zero-order valence-corrected chi connectivity index (χ0v) is 21.2. The highest BCUT2D eigenvalue weighted by atomic mass is 16.5. The third-order valence-corrected chi connectivity index (χ3v) is 7.42. The molecule has 0 bridgehead atoms. The molecule has 36 heavy (non-hydrogen) atoms. The number of fused-ring (bicyclic) bond motifs is 2. The van der Waals surface area contributed by atoms with E-state index in [9.17, 15) is 4.79 Å². The summed E-state index contributed by atoms with van der Waals surface area (Å²) < 4.78 is 10.7. The zero-order chi connectivity index (χ0) is 25.4. The molecule has 2 aliphatic rings. The molecule has 5 rings (SSSR count). The Morgan fingerprint density at radius 1 is 1.08 bits per heavy atom. The van der Waals surface area contributed by atoms with E-state index in [2.05, 4.69) is 38.2 Å². The molecule has 1 amide bonds. The molecule has 2 aromatic carbocycles. The van der Waals surface area contributed by atoms with Gasteiger partial charge in [-0.15, -0.1) is 0 Å². The van der Waals surface area contributed by atoms with Gasteiger partial charge in [0.15, 0.2) is 11.6 Å². The Balaban J connectivity index is 1.56. The van der Waals surface area contributed by atoms with E-state index in [1.165, 1.54) is 13.4 Å². The number of nitrogen functional groups attached to an aromatic ring is 1. The van der Waals surface area contributed by atoms with Crippen molar-refractivity contribution in [3.05, 3.63) is 65.0 Å². The maximum absolute atomic E-state index is 13.9. The molecule has 2 aliphatic heterocycles. The number of rotatable bonds is 6. The third kappa shape index (κ3) is 3.99. The van der Waals surface area contributed by atoms with Crippen LogP contribution in [0, 0.1) is 6.92 Å². The highest BCUT2D eigenvalue weighted by molar-refractivity contribution is 6.02. The molecule has 9 heteroatoms. The number of nitrogens with two attached hydrogens (primary N) is 1. The summed E-state index contributed by atoms with van der Waals surface area (Å²) in [5.74, 6) is 2.03. The Bertz CT molecular complexity index is 1290. The summed E-state index contributed by atoms with van der Waals surface area (Å²) in [5.41, 5.74) is 10.3. The number of aryl methyl sites for hydroxylation is 1. The number of amides is 1. The second-order valence-corrected chi connectivity index (χ2v) is 9.56. The van der Waals surface area contributed by atoms with E-state index < -0.39 is 0 Å². The van der Waals surface area contributed by atoms with Crippen molar-refractivity contribution in [3.8, 4) is 11.5 Å². The molecule has 188 valence electrons. The lowest BCUT2D eigenvalue weighted by Crippen LogP contribution is -2.50. The summed E-state index contributed by atoms with van der Waals surface area (Å²) in [7, 11) is 5.33. The Hall–Kier alpha value is -3.85. The van der Waals surface area contributed by atoms with Gasteiger partial charge in [-0.3, -0.25) is 4.79 Å². The number of carbonyl (C=O) groups excluding carboxylic acids is 1. The first-order valence-electron chi connectivity index (χ1n) is 12.1. The molecule has 1 spiro atoms. The minimum absolute atomic E-state index is 0.0817. The number of anilines is 3. The first-order chi connectivity index (χ1) is 17.4. The van der Waals surface area contributed by atoms with E-state index >= 15 is 0 Å². The zero-order valence-electron chi connectivity index (χ0n) is 21.2. The van der Waals surface area contributed by atoms with E-state index in [0.29, 0.717) is 18.1 Å². The van der Waals surface area contributed by atoms with Crippen LogP contribution in [0.5, 0.6) is 11.5 Å². The maximum atomic E-state index is 13.9. The van der Waals surface area contributed by atoms with Crippen LogP contribution >= 0.6 is 0 Å². The van der Waals surface area contributed by atoms with Crippen LogP contribution in [-0.2, 0) is 12.1 Å². The number of hydrogen-bond acceptors (Lipinski definition) is 8. The van der Waals surface area contributed by atoms with Gasteiger partial charge in [-0.2, -0.15) is 0 Å². The van der Waals surface area contributed by atoms with E-state index in [4.69, 9.17) is 15.2 Å². The lowest BCUT2D eigenvalue weighted by molar-refractivity contribution is 0.0273. The predicted molar refractivity (Wildman–Crippen MR) is 139 cm³/mol. The maximum Gasteiger partial charge on any atom is 0.255 e. The molecule has 0 saturated carbocycles. The molecule has 3 aromatic rings. The number of aromatic nitrogens is 2. The van der Waals surface area contributed by atoms with Gasteiger partial charge in [-0.1, -0.05) is 12.1 Å². The van der Waals surface area contributed by atoms with E-state index in [0.717, 1.165) is 59.6 Å². The van der Waals surface area contributed by atoms with Crippen LogP contribution in [0.4, 0.5) is 17.3 Å². The van der Waals surface area contributed by atoms with Gasteiger partial charge < -0.3 is 30.3 Å². The number of nitrogens with zero attached hydrogens (tertiary/aromatic N) is 4. The second-order valence-electron chi connectivity index (χ2n) is 9.56. The molecule has 9 nitrogen and oxygen atoms in total. The molecule has 0 atom stereocenters. The highest BCUT2D eigenvalue weighted by Gasteiger charge is 2.51. The van der Waals surface area contributed by atoms with Gasteiger partial charge in [-0.25, -0.2) is 9.97 Å². The monoisotopic (exact) mass is 488 g/mol. The van der Waals surface area contributed by atoms with Gasteiger partial charge in [0, 0.05) is 30.9 Å². The number of benzene rings is 2. The average molecular weight is 489 g/mol. The first-order valence-corrected chi connectivity index (χ1v) is 12.1. The average Bonchev–Trinajstić information content (AvgIpc) is 3.09. The number of ether oxygens (including phenoxy) is 2. The van der Waals surface area contributed by atoms with Gasteiger partial charge in [0.1, 0.15) is 12.1 Å². The number of methoxy groups -OCH3 is 2. The fourth-order valence-electron chi connectivity index (χ4n) is 5.46. The fraction of sp³-hybridized carbons (Fsp3) is 0.370. The smallest absolute Gasteiger partial charge is 0.255 e. The minimum Gasteiger partial charge on any atom is -0.497 e. The van der Waals surface area contributed by atoms with Crippen molar-refractivity contribution in [1.29, 1.82) is 0 Å². The molecular formula is C27H32N6O3. The lowest BCUT2D eigenvalue weighted by atomic mass is 9.79. The van der Waals surface area contributed by atoms with Crippen LogP contribution in [0.15, 0.2) is 42.7 Å². The van der Waals surface area contributed by atoms with Gasteiger partial charge in [0.2, 0.25) is 5.75 Å². The Morgan fingerprint density at radius 3 is 2.47 bits per heavy atom. The summed E-state index contributed by atoms with van der Waals surface area (Å²) in [6, 6.07) is 12.0. The quantitative estimate of drug-likeness (QED) is 0.541. The van der Waals surface area contributed by atoms with Gasteiger partial charge in [0.05, 0.1) is 19.8 Å². The molecule has 1 saturated heterocycles. The van der Waals surface area contributed by atoms with Crippen molar-refractivity contribution in [2.75, 3.05) is 45.4 Å². The summed E-state index contributed by atoms with van der Waals surface area (Å²) in [4.78, 5) is 26.7. The first kappa shape index (κ1) is 23.9. The SMILES string of the molecule is COc1ccc(CN2C(=O)c3c(C)cc(Nc4ncnc(N)c4OC)cc3C23CCN(C)CC3)cc1. The van der Waals surface area contributed by atoms with Crippen LogP contribution in [0.25, 0.3) is 0 Å². The van der Waals surface area contributed by atoms with E-state index in [1.807, 2.05) is 37.3 Å². The Kier molecular flexibility index (Phi) is 6.17. The van der Waals surface area contributed by atoms with Crippen LogP contribution in [0.3, 0.4) is 0 Å². The fourth-order valence-corrected chi connectivity index (χ4v) is 5.46. The molecule has 0 radical (unpaired) electrons. The Morgan fingerprint density at radius 2 is 1.81 bits per heavy atom. The van der Waals surface area contributed by atoms with Crippen molar-refractivity contribution in [2.45, 2.75) is 31.8 Å². The molecule has 0 aliphatic carbocycles. The number of nitrogens with one attached hydrogen (secondary N) is 1. The molecular weight excluding hydrogens is 456 g/mol. The van der Waals surface area contributed by atoms with Gasteiger partial charge in [-0.05, 0) is 67.8 Å². The molecule has 0 unspecified atom stereocenters.